The van der Waals surface area contributed by atoms with Crippen molar-refractivity contribution in [2.75, 3.05) is 18.2 Å². The number of aromatic nitrogens is 2. The maximum absolute atomic E-state index is 12.2. The summed E-state index contributed by atoms with van der Waals surface area (Å²) in [7, 11) is 1.29. The van der Waals surface area contributed by atoms with Crippen molar-refractivity contribution in [3.63, 3.8) is 0 Å². The van der Waals surface area contributed by atoms with Crippen LogP contribution in [0.15, 0.2) is 52.1 Å². The van der Waals surface area contributed by atoms with Gasteiger partial charge in [-0.3, -0.25) is 4.79 Å². The summed E-state index contributed by atoms with van der Waals surface area (Å²) in [6.07, 6.45) is 0. The van der Waals surface area contributed by atoms with Gasteiger partial charge in [0.25, 0.3) is 5.22 Å². The number of esters is 1. The van der Waals surface area contributed by atoms with Crippen LogP contribution in [0, 0.1) is 13.8 Å². The van der Waals surface area contributed by atoms with E-state index >= 15 is 0 Å². The number of rotatable bonds is 6. The van der Waals surface area contributed by atoms with Gasteiger partial charge in [-0.2, -0.15) is 0 Å². The highest BCUT2D eigenvalue weighted by Crippen LogP contribution is 2.25. The van der Waals surface area contributed by atoms with Crippen LogP contribution in [-0.4, -0.2) is 34.9 Å². The van der Waals surface area contributed by atoms with Crippen LogP contribution in [-0.2, 0) is 9.53 Å². The molecule has 1 aromatic heterocycles. The predicted octanol–water partition coefficient (Wildman–Crippen LogP) is 3.87. The minimum atomic E-state index is -0.515. The van der Waals surface area contributed by atoms with Gasteiger partial charge in [-0.25, -0.2) is 4.79 Å². The fourth-order valence-electron chi connectivity index (χ4n) is 2.68. The molecule has 0 aliphatic heterocycles. The molecule has 2 aromatic carbocycles. The molecular weight excluding hydrogens is 378 g/mol. The molecule has 3 aromatic rings. The number of hydrogen-bond donors (Lipinski definition) is 1. The number of nitrogens with one attached hydrogen (secondary N) is 1. The van der Waals surface area contributed by atoms with Crippen molar-refractivity contribution in [2.45, 2.75) is 19.1 Å². The van der Waals surface area contributed by atoms with Crippen molar-refractivity contribution < 1.29 is 18.7 Å². The molecule has 0 bridgehead atoms. The van der Waals surface area contributed by atoms with Crippen molar-refractivity contribution in [1.82, 2.24) is 10.2 Å². The van der Waals surface area contributed by atoms with Crippen LogP contribution in [0.3, 0.4) is 0 Å². The Labute approximate surface area is 166 Å². The molecule has 0 radical (unpaired) electrons. The first-order chi connectivity index (χ1) is 13.5. The van der Waals surface area contributed by atoms with Crippen LogP contribution >= 0.6 is 11.8 Å². The van der Waals surface area contributed by atoms with E-state index in [1.807, 2.05) is 26.0 Å². The number of carbonyl (C=O) groups is 2. The van der Waals surface area contributed by atoms with Gasteiger partial charge in [-0.1, -0.05) is 41.1 Å². The van der Waals surface area contributed by atoms with Gasteiger partial charge >= 0.3 is 5.97 Å². The summed E-state index contributed by atoms with van der Waals surface area (Å²) in [6, 6.07) is 12.6. The molecule has 0 aliphatic carbocycles. The van der Waals surface area contributed by atoms with Gasteiger partial charge < -0.3 is 14.5 Å². The smallest absolute Gasteiger partial charge is 0.339 e. The van der Waals surface area contributed by atoms with Crippen molar-refractivity contribution >= 4 is 29.3 Å². The van der Waals surface area contributed by atoms with Gasteiger partial charge in [0.15, 0.2) is 0 Å². The fourth-order valence-corrected chi connectivity index (χ4v) is 3.24. The largest absolute Gasteiger partial charge is 0.465 e. The van der Waals surface area contributed by atoms with E-state index in [9.17, 15) is 9.59 Å². The van der Waals surface area contributed by atoms with E-state index in [1.165, 1.54) is 7.11 Å². The molecular formula is C20H19N3O4S. The van der Waals surface area contributed by atoms with E-state index < -0.39 is 5.97 Å². The van der Waals surface area contributed by atoms with Gasteiger partial charge in [0.05, 0.1) is 24.1 Å². The van der Waals surface area contributed by atoms with Gasteiger partial charge in [0, 0.05) is 5.56 Å². The second-order valence-electron chi connectivity index (χ2n) is 6.12. The molecule has 0 atom stereocenters. The lowest BCUT2D eigenvalue weighted by atomic mass is 10.1. The summed E-state index contributed by atoms with van der Waals surface area (Å²) in [4.78, 5) is 24.0. The van der Waals surface area contributed by atoms with Gasteiger partial charge in [-0.05, 0) is 38.1 Å². The molecule has 0 unspecified atom stereocenters. The molecule has 0 saturated carbocycles. The normalized spacial score (nSPS) is 10.5. The Morgan fingerprint density at radius 3 is 2.54 bits per heavy atom. The maximum Gasteiger partial charge on any atom is 0.339 e. The van der Waals surface area contributed by atoms with Crippen LogP contribution in [0.4, 0.5) is 5.69 Å². The number of amides is 1. The molecule has 0 fully saturated rings. The Morgan fingerprint density at radius 2 is 1.82 bits per heavy atom. The number of anilines is 1. The van der Waals surface area contributed by atoms with E-state index in [0.29, 0.717) is 22.4 Å². The molecule has 1 amide bonds. The minimum absolute atomic E-state index is 0.0595. The molecule has 8 heteroatoms. The fraction of sp³-hybridized carbons (Fsp3) is 0.200. The summed E-state index contributed by atoms with van der Waals surface area (Å²) in [5, 5.41) is 11.0. The quantitative estimate of drug-likeness (QED) is 0.498. The van der Waals surface area contributed by atoms with E-state index in [2.05, 4.69) is 21.6 Å². The zero-order chi connectivity index (χ0) is 20.1. The third-order valence-electron chi connectivity index (χ3n) is 3.81. The Kier molecular flexibility index (Phi) is 6.10. The average Bonchev–Trinajstić information content (AvgIpc) is 3.14. The molecule has 1 heterocycles. The van der Waals surface area contributed by atoms with Gasteiger partial charge in [0.1, 0.15) is 0 Å². The Hall–Kier alpha value is -3.13. The van der Waals surface area contributed by atoms with Crippen molar-refractivity contribution in [1.29, 1.82) is 0 Å². The topological polar surface area (TPSA) is 94.3 Å². The lowest BCUT2D eigenvalue weighted by Gasteiger charge is -2.08. The van der Waals surface area contributed by atoms with E-state index in [-0.39, 0.29) is 11.7 Å². The first-order valence-corrected chi connectivity index (χ1v) is 9.47. The number of para-hydroxylation sites is 1. The summed E-state index contributed by atoms with van der Waals surface area (Å²) < 4.78 is 10.4. The molecule has 0 aliphatic rings. The van der Waals surface area contributed by atoms with Gasteiger partial charge in [-0.15, -0.1) is 10.2 Å². The summed E-state index contributed by atoms with van der Waals surface area (Å²) >= 11 is 1.12. The van der Waals surface area contributed by atoms with Crippen LogP contribution in [0.2, 0.25) is 0 Å². The third kappa shape index (κ3) is 4.77. The molecule has 0 saturated heterocycles. The second kappa shape index (κ2) is 8.71. The summed E-state index contributed by atoms with van der Waals surface area (Å²) in [5.74, 6) is -0.346. The van der Waals surface area contributed by atoms with Crippen molar-refractivity contribution in [3.05, 3.63) is 59.2 Å². The first-order valence-electron chi connectivity index (χ1n) is 8.48. The van der Waals surface area contributed by atoms with E-state index in [0.717, 1.165) is 28.5 Å². The second-order valence-corrected chi connectivity index (χ2v) is 7.05. The minimum Gasteiger partial charge on any atom is -0.465 e. The highest BCUT2D eigenvalue weighted by atomic mass is 32.2. The number of nitrogens with zero attached hydrogens (tertiary/aromatic N) is 2. The van der Waals surface area contributed by atoms with Crippen molar-refractivity contribution in [3.8, 4) is 11.5 Å². The maximum atomic E-state index is 12.2. The van der Waals surface area contributed by atoms with Crippen LogP contribution in [0.1, 0.15) is 21.5 Å². The zero-order valence-corrected chi connectivity index (χ0v) is 16.5. The van der Waals surface area contributed by atoms with Crippen LogP contribution in [0.25, 0.3) is 11.5 Å². The lowest BCUT2D eigenvalue weighted by Crippen LogP contribution is -2.17. The molecule has 7 nitrogen and oxygen atoms in total. The zero-order valence-electron chi connectivity index (χ0n) is 15.7. The number of aryl methyl sites for hydroxylation is 2. The summed E-state index contributed by atoms with van der Waals surface area (Å²) in [6.45, 7) is 4.00. The van der Waals surface area contributed by atoms with Crippen LogP contribution < -0.4 is 5.32 Å². The molecule has 1 N–H and O–H groups in total. The number of carbonyl (C=O) groups excluding carboxylic acids is 2. The number of benzene rings is 2. The van der Waals surface area contributed by atoms with Gasteiger partial charge in [0.2, 0.25) is 11.8 Å². The molecule has 144 valence electrons. The van der Waals surface area contributed by atoms with Crippen LogP contribution in [0.5, 0.6) is 0 Å². The number of methoxy groups -OCH3 is 1. The predicted molar refractivity (Wildman–Crippen MR) is 106 cm³/mol. The summed E-state index contributed by atoms with van der Waals surface area (Å²) in [5.41, 5.74) is 3.73. The lowest BCUT2D eigenvalue weighted by molar-refractivity contribution is -0.113. The average molecular weight is 397 g/mol. The Morgan fingerprint density at radius 1 is 1.11 bits per heavy atom. The standard InChI is InChI=1S/C20H19N3O4S/c1-12-8-13(2)10-14(9-12)18-22-23-20(27-18)28-11-17(24)21-16-7-5-4-6-15(16)19(25)26-3/h4-10H,11H2,1-3H3,(H,21,24). The Balaban J connectivity index is 1.63. The van der Waals surface area contributed by atoms with E-state index in [1.54, 1.807) is 24.3 Å². The number of hydrogen-bond acceptors (Lipinski definition) is 7. The first kappa shape index (κ1) is 19.6. The van der Waals surface area contributed by atoms with Crippen molar-refractivity contribution in [2.24, 2.45) is 0 Å². The number of ether oxygens (including phenoxy) is 1. The Bertz CT molecular complexity index is 996. The third-order valence-corrected chi connectivity index (χ3v) is 4.63. The number of thioether (sulfide) groups is 1. The monoisotopic (exact) mass is 397 g/mol. The highest BCUT2D eigenvalue weighted by molar-refractivity contribution is 7.99. The SMILES string of the molecule is COC(=O)c1ccccc1NC(=O)CSc1nnc(-c2cc(C)cc(C)c2)o1. The van der Waals surface area contributed by atoms with E-state index in [4.69, 9.17) is 9.15 Å². The molecule has 0 spiro atoms. The highest BCUT2D eigenvalue weighted by Gasteiger charge is 2.15. The molecule has 3 rings (SSSR count). The molecule has 28 heavy (non-hydrogen) atoms.